The van der Waals surface area contributed by atoms with E-state index in [2.05, 4.69) is 10.6 Å². The highest BCUT2D eigenvalue weighted by Gasteiger charge is 2.54. The first-order chi connectivity index (χ1) is 14.7. The standard InChI is InChI=1S/C23H28ClFN2O4/c1-13(21(29)27-19-3-2-17(25)9-18(19)24)31-20(28)4-5-26-22(30)23-10-14-6-15(11-23)8-16(7-14)12-23/h2-3,9,13-16H,4-8,10-12H2,1H3,(H,26,30)(H,27,29). The lowest BCUT2D eigenvalue weighted by Crippen LogP contribution is -2.53. The summed E-state index contributed by atoms with van der Waals surface area (Å²) in [4.78, 5) is 37.2. The van der Waals surface area contributed by atoms with Crippen LogP contribution in [0.1, 0.15) is 51.9 Å². The van der Waals surface area contributed by atoms with Crippen LogP contribution in [-0.4, -0.2) is 30.4 Å². The van der Waals surface area contributed by atoms with Crippen LogP contribution in [0.25, 0.3) is 0 Å². The smallest absolute Gasteiger partial charge is 0.308 e. The average Bonchev–Trinajstić information content (AvgIpc) is 2.68. The number of esters is 1. The molecule has 1 aromatic carbocycles. The van der Waals surface area contributed by atoms with E-state index in [-0.39, 0.29) is 35.0 Å². The molecule has 0 aliphatic heterocycles. The van der Waals surface area contributed by atoms with Crippen LogP contribution in [0, 0.1) is 29.0 Å². The number of benzene rings is 1. The molecule has 4 aliphatic carbocycles. The van der Waals surface area contributed by atoms with Gasteiger partial charge in [-0.2, -0.15) is 0 Å². The van der Waals surface area contributed by atoms with Crippen molar-refractivity contribution in [2.45, 2.75) is 58.0 Å². The second-order valence-electron chi connectivity index (χ2n) is 9.45. The Bertz CT molecular complexity index is 855. The van der Waals surface area contributed by atoms with Crippen LogP contribution < -0.4 is 10.6 Å². The zero-order chi connectivity index (χ0) is 22.2. The summed E-state index contributed by atoms with van der Waals surface area (Å²) in [6, 6.07) is 3.59. The monoisotopic (exact) mass is 450 g/mol. The third kappa shape index (κ3) is 4.86. The molecule has 4 bridgehead atoms. The van der Waals surface area contributed by atoms with Crippen molar-refractivity contribution in [3.63, 3.8) is 0 Å². The molecule has 168 valence electrons. The maximum Gasteiger partial charge on any atom is 0.308 e. The van der Waals surface area contributed by atoms with Crippen molar-refractivity contribution < 1.29 is 23.5 Å². The molecule has 31 heavy (non-hydrogen) atoms. The molecular formula is C23H28ClFN2O4. The van der Waals surface area contributed by atoms with Gasteiger partial charge in [-0.15, -0.1) is 0 Å². The molecule has 5 rings (SSSR count). The number of hydrogen-bond acceptors (Lipinski definition) is 4. The second kappa shape index (κ2) is 8.77. The predicted octanol–water partition coefficient (Wildman–Crippen LogP) is 4.07. The Balaban J connectivity index is 1.21. The number of ether oxygens (including phenoxy) is 1. The Kier molecular flexibility index (Phi) is 6.24. The van der Waals surface area contributed by atoms with Crippen LogP contribution in [0.2, 0.25) is 5.02 Å². The molecular weight excluding hydrogens is 423 g/mol. The maximum absolute atomic E-state index is 13.1. The lowest BCUT2D eigenvalue weighted by atomic mass is 9.49. The van der Waals surface area contributed by atoms with Crippen LogP contribution in [0.15, 0.2) is 18.2 Å². The molecule has 1 atom stereocenters. The molecule has 1 unspecified atom stereocenters. The van der Waals surface area contributed by atoms with E-state index >= 15 is 0 Å². The van der Waals surface area contributed by atoms with Gasteiger partial charge in [-0.1, -0.05) is 11.6 Å². The summed E-state index contributed by atoms with van der Waals surface area (Å²) in [5.41, 5.74) is -0.0147. The van der Waals surface area contributed by atoms with Crippen LogP contribution in [0.5, 0.6) is 0 Å². The SMILES string of the molecule is CC(OC(=O)CCNC(=O)C12CC3CC(CC(C3)C1)C2)C(=O)Nc1ccc(F)cc1Cl. The highest BCUT2D eigenvalue weighted by Crippen LogP contribution is 2.60. The minimum atomic E-state index is -1.05. The van der Waals surface area contributed by atoms with E-state index in [1.165, 1.54) is 38.3 Å². The number of anilines is 1. The summed E-state index contributed by atoms with van der Waals surface area (Å²) in [7, 11) is 0. The fourth-order valence-corrected chi connectivity index (χ4v) is 6.20. The van der Waals surface area contributed by atoms with Gasteiger partial charge >= 0.3 is 5.97 Å². The topological polar surface area (TPSA) is 84.5 Å². The molecule has 2 amide bonds. The Hall–Kier alpha value is -2.15. The first kappa shape index (κ1) is 22.1. The van der Waals surface area contributed by atoms with Gasteiger partial charge in [-0.3, -0.25) is 14.4 Å². The number of amides is 2. The van der Waals surface area contributed by atoms with Gasteiger partial charge in [0.15, 0.2) is 6.10 Å². The molecule has 8 heteroatoms. The van der Waals surface area contributed by atoms with Crippen LogP contribution in [-0.2, 0) is 19.1 Å². The minimum absolute atomic E-state index is 0.00691. The molecule has 0 radical (unpaired) electrons. The summed E-state index contributed by atoms with van der Waals surface area (Å²) in [5.74, 6) is 0.440. The normalized spacial score (nSPS) is 29.3. The van der Waals surface area contributed by atoms with E-state index in [9.17, 15) is 18.8 Å². The molecule has 6 nitrogen and oxygen atoms in total. The summed E-state index contributed by atoms with van der Waals surface area (Å²) in [6.45, 7) is 1.64. The quantitative estimate of drug-likeness (QED) is 0.613. The lowest BCUT2D eigenvalue weighted by Gasteiger charge is -2.55. The van der Waals surface area contributed by atoms with Crippen LogP contribution in [0.4, 0.5) is 10.1 Å². The number of rotatable bonds is 7. The number of carbonyl (C=O) groups excluding carboxylic acids is 3. The molecule has 0 saturated heterocycles. The Morgan fingerprint density at radius 2 is 1.77 bits per heavy atom. The summed E-state index contributed by atoms with van der Waals surface area (Å²) in [6.07, 6.45) is 5.65. The molecule has 2 N–H and O–H groups in total. The Morgan fingerprint density at radius 3 is 2.35 bits per heavy atom. The van der Waals surface area contributed by atoms with Gasteiger partial charge in [0.25, 0.3) is 5.91 Å². The first-order valence-electron chi connectivity index (χ1n) is 11.0. The maximum atomic E-state index is 13.1. The predicted molar refractivity (Wildman–Crippen MR) is 114 cm³/mol. The first-order valence-corrected chi connectivity index (χ1v) is 11.4. The molecule has 4 fully saturated rings. The Morgan fingerprint density at radius 1 is 1.16 bits per heavy atom. The largest absolute Gasteiger partial charge is 0.452 e. The van der Waals surface area contributed by atoms with Gasteiger partial charge in [-0.05, 0) is 81.4 Å². The molecule has 0 aromatic heterocycles. The third-order valence-corrected chi connectivity index (χ3v) is 7.31. The van der Waals surface area contributed by atoms with Crippen molar-refractivity contribution in [3.8, 4) is 0 Å². The van der Waals surface area contributed by atoms with E-state index in [0.29, 0.717) is 17.8 Å². The molecule has 4 aliphatic rings. The third-order valence-electron chi connectivity index (χ3n) is 7.00. The van der Waals surface area contributed by atoms with Crippen molar-refractivity contribution in [1.82, 2.24) is 5.32 Å². The molecule has 0 spiro atoms. The van der Waals surface area contributed by atoms with E-state index in [0.717, 1.165) is 25.3 Å². The van der Waals surface area contributed by atoms with Gasteiger partial charge in [0, 0.05) is 12.0 Å². The van der Waals surface area contributed by atoms with Gasteiger partial charge in [0.2, 0.25) is 5.91 Å². The van der Waals surface area contributed by atoms with E-state index in [4.69, 9.17) is 16.3 Å². The number of nitrogens with one attached hydrogen (secondary N) is 2. The van der Waals surface area contributed by atoms with Gasteiger partial charge < -0.3 is 15.4 Å². The fourth-order valence-electron chi connectivity index (χ4n) is 5.99. The van der Waals surface area contributed by atoms with Crippen molar-refractivity contribution in [2.75, 3.05) is 11.9 Å². The van der Waals surface area contributed by atoms with Crippen LogP contribution in [0.3, 0.4) is 0 Å². The molecule has 0 heterocycles. The molecule has 1 aromatic rings. The Labute approximate surface area is 186 Å². The summed E-state index contributed by atoms with van der Waals surface area (Å²) >= 11 is 5.89. The number of hydrogen-bond donors (Lipinski definition) is 2. The van der Waals surface area contributed by atoms with Gasteiger partial charge in [-0.25, -0.2) is 4.39 Å². The molecule has 4 saturated carbocycles. The minimum Gasteiger partial charge on any atom is -0.452 e. The highest BCUT2D eigenvalue weighted by atomic mass is 35.5. The summed E-state index contributed by atoms with van der Waals surface area (Å²) in [5, 5.41) is 5.49. The number of carbonyl (C=O) groups is 3. The van der Waals surface area contributed by atoms with Crippen molar-refractivity contribution in [3.05, 3.63) is 29.0 Å². The van der Waals surface area contributed by atoms with Crippen molar-refractivity contribution >= 4 is 35.1 Å². The van der Waals surface area contributed by atoms with E-state index in [1.807, 2.05) is 0 Å². The average molecular weight is 451 g/mol. The lowest BCUT2D eigenvalue weighted by molar-refractivity contribution is -0.153. The summed E-state index contributed by atoms with van der Waals surface area (Å²) < 4.78 is 18.3. The van der Waals surface area contributed by atoms with Crippen molar-refractivity contribution in [2.24, 2.45) is 23.2 Å². The van der Waals surface area contributed by atoms with E-state index < -0.39 is 23.8 Å². The van der Waals surface area contributed by atoms with Gasteiger partial charge in [0.1, 0.15) is 5.82 Å². The fraction of sp³-hybridized carbons (Fsp3) is 0.609. The number of halogens is 2. The van der Waals surface area contributed by atoms with Crippen molar-refractivity contribution in [1.29, 1.82) is 0 Å². The van der Waals surface area contributed by atoms with E-state index in [1.54, 1.807) is 0 Å². The van der Waals surface area contributed by atoms with Gasteiger partial charge in [0.05, 0.1) is 17.1 Å². The zero-order valence-corrected chi connectivity index (χ0v) is 18.3. The van der Waals surface area contributed by atoms with Crippen LogP contribution >= 0.6 is 11.6 Å². The zero-order valence-electron chi connectivity index (χ0n) is 17.6. The highest BCUT2D eigenvalue weighted by molar-refractivity contribution is 6.33. The second-order valence-corrected chi connectivity index (χ2v) is 9.86.